The number of amides is 1. The molecule has 0 radical (unpaired) electrons. The Hall–Kier alpha value is -1.60. The molecule has 1 aromatic rings. The lowest BCUT2D eigenvalue weighted by Crippen LogP contribution is -2.25. The smallest absolute Gasteiger partial charge is 0.337 e. The fraction of sp³-hybridized carbons (Fsp3) is 0.438. The summed E-state index contributed by atoms with van der Waals surface area (Å²) in [5.74, 6) is -0.302. The van der Waals surface area contributed by atoms with Gasteiger partial charge in [-0.2, -0.15) is 0 Å². The Morgan fingerprint density at radius 1 is 1.35 bits per heavy atom. The number of benzene rings is 1. The van der Waals surface area contributed by atoms with Crippen molar-refractivity contribution in [3.05, 3.63) is 29.3 Å². The summed E-state index contributed by atoms with van der Waals surface area (Å²) in [6.45, 7) is 3.83. The number of nitrogens with zero attached hydrogens (tertiary/aromatic N) is 1. The van der Waals surface area contributed by atoms with Gasteiger partial charge in [0.1, 0.15) is 4.32 Å². The molecule has 0 aliphatic carbocycles. The molecule has 1 heterocycles. The van der Waals surface area contributed by atoms with Crippen LogP contribution < -0.4 is 5.32 Å². The number of methoxy groups -OCH3 is 1. The van der Waals surface area contributed by atoms with E-state index in [0.717, 1.165) is 35.8 Å². The number of carbonyl (C=O) groups is 2. The summed E-state index contributed by atoms with van der Waals surface area (Å²) in [5.41, 5.74) is 1.91. The van der Waals surface area contributed by atoms with E-state index in [1.54, 1.807) is 18.2 Å². The number of carbonyl (C=O) groups excluding carboxylic acids is 2. The molecule has 0 aromatic heterocycles. The summed E-state index contributed by atoms with van der Waals surface area (Å²) in [4.78, 5) is 25.8. The number of thioether (sulfide) groups is 1. The molecule has 7 heteroatoms. The zero-order valence-electron chi connectivity index (χ0n) is 13.3. The Labute approximate surface area is 145 Å². The van der Waals surface area contributed by atoms with Crippen LogP contribution in [0.1, 0.15) is 28.8 Å². The number of nitrogens with one attached hydrogen (secondary N) is 1. The lowest BCUT2D eigenvalue weighted by atomic mass is 10.1. The standard InChI is InChI=1S/C16H20N2O3S2/c1-11-5-6-12(15(20)21-2)9-13(11)17-14(19)10-23-16(22)18-7-3-4-8-18/h5-6,9H,3-4,7-8,10H2,1-2H3,(H,17,19). The molecule has 5 nitrogen and oxygen atoms in total. The number of ether oxygens (including phenoxy) is 1. The van der Waals surface area contributed by atoms with E-state index in [1.165, 1.54) is 18.9 Å². The highest BCUT2D eigenvalue weighted by Crippen LogP contribution is 2.19. The van der Waals surface area contributed by atoms with Crippen LogP contribution in [0.5, 0.6) is 0 Å². The minimum Gasteiger partial charge on any atom is -0.465 e. The van der Waals surface area contributed by atoms with Gasteiger partial charge in [-0.15, -0.1) is 0 Å². The van der Waals surface area contributed by atoms with Gasteiger partial charge in [0.15, 0.2) is 0 Å². The summed E-state index contributed by atoms with van der Waals surface area (Å²) in [6, 6.07) is 5.08. The normalized spacial score (nSPS) is 13.7. The van der Waals surface area contributed by atoms with E-state index in [0.29, 0.717) is 11.3 Å². The lowest BCUT2D eigenvalue weighted by molar-refractivity contribution is -0.113. The van der Waals surface area contributed by atoms with E-state index in [2.05, 4.69) is 10.2 Å². The average molecular weight is 352 g/mol. The topological polar surface area (TPSA) is 58.6 Å². The predicted molar refractivity (Wildman–Crippen MR) is 97.0 cm³/mol. The first kappa shape index (κ1) is 17.7. The Morgan fingerprint density at radius 3 is 2.70 bits per heavy atom. The predicted octanol–water partition coefficient (Wildman–Crippen LogP) is 2.83. The van der Waals surface area contributed by atoms with Crippen LogP contribution in [0.3, 0.4) is 0 Å². The third-order valence-electron chi connectivity index (χ3n) is 3.62. The Balaban J connectivity index is 1.91. The van der Waals surface area contributed by atoms with E-state index < -0.39 is 5.97 Å². The molecule has 1 aliphatic heterocycles. The fourth-order valence-electron chi connectivity index (χ4n) is 2.31. The van der Waals surface area contributed by atoms with Crippen LogP contribution in [0.15, 0.2) is 18.2 Å². The van der Waals surface area contributed by atoms with Crippen LogP contribution in [0.4, 0.5) is 5.69 Å². The largest absolute Gasteiger partial charge is 0.465 e. The molecule has 124 valence electrons. The van der Waals surface area contributed by atoms with Gasteiger partial charge in [0, 0.05) is 18.8 Å². The second-order valence-corrected chi connectivity index (χ2v) is 6.93. The number of hydrogen-bond donors (Lipinski definition) is 1. The van der Waals surface area contributed by atoms with E-state index in [-0.39, 0.29) is 11.7 Å². The van der Waals surface area contributed by atoms with Crippen molar-refractivity contribution < 1.29 is 14.3 Å². The zero-order chi connectivity index (χ0) is 16.8. The molecule has 1 amide bonds. The SMILES string of the molecule is COC(=O)c1ccc(C)c(NC(=O)CSC(=S)N2CCCC2)c1. The van der Waals surface area contributed by atoms with Crippen molar-refractivity contribution in [2.45, 2.75) is 19.8 Å². The maximum Gasteiger partial charge on any atom is 0.337 e. The van der Waals surface area contributed by atoms with Gasteiger partial charge in [-0.05, 0) is 37.5 Å². The first-order chi connectivity index (χ1) is 11.0. The molecule has 1 fully saturated rings. The number of hydrogen-bond acceptors (Lipinski definition) is 5. The monoisotopic (exact) mass is 352 g/mol. The van der Waals surface area contributed by atoms with Gasteiger partial charge in [0.25, 0.3) is 0 Å². The molecule has 1 N–H and O–H groups in total. The molecular weight excluding hydrogens is 332 g/mol. The van der Waals surface area contributed by atoms with Gasteiger partial charge in [-0.1, -0.05) is 30.0 Å². The van der Waals surface area contributed by atoms with Crippen molar-refractivity contribution in [2.75, 3.05) is 31.3 Å². The lowest BCUT2D eigenvalue weighted by Gasteiger charge is -2.17. The van der Waals surface area contributed by atoms with Crippen LogP contribution in [-0.2, 0) is 9.53 Å². The highest BCUT2D eigenvalue weighted by atomic mass is 32.2. The van der Waals surface area contributed by atoms with Gasteiger partial charge in [-0.25, -0.2) is 4.79 Å². The molecule has 1 saturated heterocycles. The molecule has 0 unspecified atom stereocenters. The number of thiocarbonyl (C=S) groups is 1. The average Bonchev–Trinajstić information content (AvgIpc) is 3.08. The highest BCUT2D eigenvalue weighted by molar-refractivity contribution is 8.23. The number of aryl methyl sites for hydroxylation is 1. The van der Waals surface area contributed by atoms with E-state index in [9.17, 15) is 9.59 Å². The third-order valence-corrected chi connectivity index (χ3v) is 5.15. The minimum atomic E-state index is -0.426. The van der Waals surface area contributed by atoms with E-state index in [4.69, 9.17) is 17.0 Å². The number of anilines is 1. The fourth-order valence-corrected chi connectivity index (χ4v) is 3.36. The summed E-state index contributed by atoms with van der Waals surface area (Å²) in [6.07, 6.45) is 2.32. The molecule has 2 rings (SSSR count). The second kappa shape index (κ2) is 8.31. The molecule has 23 heavy (non-hydrogen) atoms. The summed E-state index contributed by atoms with van der Waals surface area (Å²) < 4.78 is 5.47. The highest BCUT2D eigenvalue weighted by Gasteiger charge is 2.16. The van der Waals surface area contributed by atoms with Crippen molar-refractivity contribution in [1.29, 1.82) is 0 Å². The number of likely N-dealkylation sites (tertiary alicyclic amines) is 1. The van der Waals surface area contributed by atoms with Crippen molar-refractivity contribution in [2.24, 2.45) is 0 Å². The summed E-state index contributed by atoms with van der Waals surface area (Å²) >= 11 is 6.72. The van der Waals surface area contributed by atoms with Crippen molar-refractivity contribution in [3.8, 4) is 0 Å². The third kappa shape index (κ3) is 4.94. The molecule has 0 saturated carbocycles. The maximum atomic E-state index is 12.1. The van der Waals surface area contributed by atoms with Gasteiger partial charge < -0.3 is 15.0 Å². The molecule has 1 aromatic carbocycles. The quantitative estimate of drug-likeness (QED) is 0.664. The van der Waals surface area contributed by atoms with Crippen molar-refractivity contribution in [3.63, 3.8) is 0 Å². The van der Waals surface area contributed by atoms with E-state index in [1.807, 2.05) is 6.92 Å². The van der Waals surface area contributed by atoms with Crippen LogP contribution >= 0.6 is 24.0 Å². The number of esters is 1. The van der Waals surface area contributed by atoms with Crippen LogP contribution in [0.2, 0.25) is 0 Å². The summed E-state index contributed by atoms with van der Waals surface area (Å²) in [7, 11) is 1.33. The first-order valence-corrected chi connectivity index (χ1v) is 8.81. The van der Waals surface area contributed by atoms with Gasteiger partial charge >= 0.3 is 5.97 Å². The maximum absolute atomic E-state index is 12.1. The minimum absolute atomic E-state index is 0.137. The molecule has 0 spiro atoms. The van der Waals surface area contributed by atoms with Crippen molar-refractivity contribution in [1.82, 2.24) is 4.90 Å². The number of rotatable bonds is 4. The Morgan fingerprint density at radius 2 is 2.04 bits per heavy atom. The molecule has 0 atom stereocenters. The van der Waals surface area contributed by atoms with Gasteiger partial charge in [0.2, 0.25) is 5.91 Å². The molecule has 1 aliphatic rings. The summed E-state index contributed by atoms with van der Waals surface area (Å²) in [5, 5.41) is 2.83. The van der Waals surface area contributed by atoms with Crippen LogP contribution in [0, 0.1) is 6.92 Å². The first-order valence-electron chi connectivity index (χ1n) is 7.42. The van der Waals surface area contributed by atoms with Crippen LogP contribution in [0.25, 0.3) is 0 Å². The van der Waals surface area contributed by atoms with E-state index >= 15 is 0 Å². The Kier molecular flexibility index (Phi) is 6.41. The van der Waals surface area contributed by atoms with Crippen LogP contribution in [-0.4, -0.2) is 47.0 Å². The van der Waals surface area contributed by atoms with Gasteiger partial charge in [-0.3, -0.25) is 4.79 Å². The molecule has 0 bridgehead atoms. The molecular formula is C16H20N2O3S2. The second-order valence-electron chi connectivity index (χ2n) is 5.32. The Bertz CT molecular complexity index is 613. The van der Waals surface area contributed by atoms with Crippen molar-refractivity contribution >= 4 is 45.9 Å². The zero-order valence-corrected chi connectivity index (χ0v) is 14.9. The van der Waals surface area contributed by atoms with Gasteiger partial charge in [0.05, 0.1) is 18.4 Å².